The molecule has 0 radical (unpaired) electrons. The zero-order valence-electron chi connectivity index (χ0n) is 20.3. The van der Waals surface area contributed by atoms with Crippen LogP contribution in [0.4, 0.5) is 10.2 Å². The van der Waals surface area contributed by atoms with Crippen LogP contribution in [0.25, 0.3) is 0 Å². The molecule has 2 heterocycles. The molecule has 3 rings (SSSR count). The van der Waals surface area contributed by atoms with Crippen molar-refractivity contribution in [3.63, 3.8) is 0 Å². The van der Waals surface area contributed by atoms with Gasteiger partial charge in [-0.25, -0.2) is 9.18 Å². The normalized spacial score (nSPS) is 12.5. The van der Waals surface area contributed by atoms with E-state index in [-0.39, 0.29) is 43.7 Å². The lowest BCUT2D eigenvalue weighted by molar-refractivity contribution is 0.277. The Morgan fingerprint density at radius 3 is 2.54 bits per heavy atom. The van der Waals surface area contributed by atoms with Crippen LogP contribution in [-0.2, 0) is 24.2 Å². The largest absolute Gasteiger partial charge is 0.481 e. The molecule has 0 fully saturated rings. The molecular formula is C26H31FN4O4. The molecule has 9 heteroatoms. The lowest BCUT2D eigenvalue weighted by atomic mass is 10.0. The molecule has 0 aliphatic rings. The van der Waals surface area contributed by atoms with E-state index in [1.807, 2.05) is 19.9 Å². The lowest BCUT2D eigenvalue weighted by Crippen LogP contribution is -2.41. The average molecular weight is 483 g/mol. The number of benzene rings is 1. The molecule has 1 aromatic carbocycles. The standard InChI is InChI=1S/C26H31FN4O4/c1-4-35-24(18(2)15-20-8-10-22(27)11-9-20)29-23-19(3)25(33)30(13-6-14-32)26(34)31(23)17-21-7-5-12-28-16-21/h5,7-12,16,18,32H,4,6,13-15,17H2,1-3H3. The Labute approximate surface area is 203 Å². The van der Waals surface area contributed by atoms with Gasteiger partial charge < -0.3 is 9.84 Å². The summed E-state index contributed by atoms with van der Waals surface area (Å²) in [5, 5.41) is 9.22. The minimum atomic E-state index is -0.515. The topological polar surface area (TPSA) is 98.7 Å². The van der Waals surface area contributed by atoms with Gasteiger partial charge in [-0.05, 0) is 56.0 Å². The van der Waals surface area contributed by atoms with Crippen molar-refractivity contribution in [2.24, 2.45) is 10.9 Å². The first-order valence-electron chi connectivity index (χ1n) is 11.7. The second-order valence-electron chi connectivity index (χ2n) is 8.33. The van der Waals surface area contributed by atoms with Gasteiger partial charge in [-0.3, -0.25) is 18.9 Å². The van der Waals surface area contributed by atoms with Crippen molar-refractivity contribution in [3.05, 3.63) is 92.1 Å². The number of pyridine rings is 1. The predicted octanol–water partition coefficient (Wildman–Crippen LogP) is 3.23. The van der Waals surface area contributed by atoms with Crippen LogP contribution in [0.1, 0.15) is 37.0 Å². The lowest BCUT2D eigenvalue weighted by Gasteiger charge is -2.19. The number of rotatable bonds is 10. The maximum absolute atomic E-state index is 13.4. The first-order chi connectivity index (χ1) is 16.8. The van der Waals surface area contributed by atoms with E-state index in [4.69, 9.17) is 9.73 Å². The maximum Gasteiger partial charge on any atom is 0.332 e. The summed E-state index contributed by atoms with van der Waals surface area (Å²) in [7, 11) is 0. The van der Waals surface area contributed by atoms with Gasteiger partial charge in [-0.15, -0.1) is 0 Å². The van der Waals surface area contributed by atoms with Crippen molar-refractivity contribution in [3.8, 4) is 0 Å². The minimum Gasteiger partial charge on any atom is -0.481 e. The molecule has 3 aromatic rings. The second-order valence-corrected chi connectivity index (χ2v) is 8.33. The summed E-state index contributed by atoms with van der Waals surface area (Å²) in [6.45, 7) is 5.88. The van der Waals surface area contributed by atoms with E-state index < -0.39 is 11.2 Å². The number of halogens is 1. The number of aromatic nitrogens is 3. The van der Waals surface area contributed by atoms with E-state index in [1.165, 1.54) is 16.7 Å². The third-order valence-corrected chi connectivity index (χ3v) is 5.61. The van der Waals surface area contributed by atoms with Crippen LogP contribution in [0.15, 0.2) is 63.4 Å². The summed E-state index contributed by atoms with van der Waals surface area (Å²) in [6, 6.07) is 9.84. The van der Waals surface area contributed by atoms with Gasteiger partial charge in [0.15, 0.2) is 5.90 Å². The van der Waals surface area contributed by atoms with Crippen LogP contribution < -0.4 is 11.2 Å². The fourth-order valence-corrected chi connectivity index (χ4v) is 3.81. The monoisotopic (exact) mass is 482 g/mol. The van der Waals surface area contributed by atoms with Gasteiger partial charge in [0, 0.05) is 31.5 Å². The molecule has 0 aliphatic heterocycles. The first kappa shape index (κ1) is 26.0. The molecular weight excluding hydrogens is 451 g/mol. The van der Waals surface area contributed by atoms with Gasteiger partial charge >= 0.3 is 5.69 Å². The van der Waals surface area contributed by atoms with Crippen LogP contribution in [-0.4, -0.2) is 38.3 Å². The highest BCUT2D eigenvalue weighted by atomic mass is 19.1. The predicted molar refractivity (Wildman–Crippen MR) is 133 cm³/mol. The molecule has 0 amide bonds. The highest BCUT2D eigenvalue weighted by Gasteiger charge is 2.20. The highest BCUT2D eigenvalue weighted by molar-refractivity contribution is 5.81. The third kappa shape index (κ3) is 6.51. The van der Waals surface area contributed by atoms with Crippen LogP contribution in [0.2, 0.25) is 0 Å². The van der Waals surface area contributed by atoms with E-state index >= 15 is 0 Å². The van der Waals surface area contributed by atoms with Crippen LogP contribution in [0.3, 0.4) is 0 Å². The zero-order chi connectivity index (χ0) is 25.4. The Kier molecular flexibility index (Phi) is 9.08. The minimum absolute atomic E-state index is 0.103. The van der Waals surface area contributed by atoms with Crippen molar-refractivity contribution in [1.29, 1.82) is 0 Å². The Hall–Kier alpha value is -3.59. The molecule has 2 aromatic heterocycles. The Bertz CT molecular complexity index is 1270. The summed E-state index contributed by atoms with van der Waals surface area (Å²) >= 11 is 0. The van der Waals surface area contributed by atoms with Gasteiger partial charge in [0.05, 0.1) is 18.7 Å². The summed E-state index contributed by atoms with van der Waals surface area (Å²) in [4.78, 5) is 35.3. The van der Waals surface area contributed by atoms with Gasteiger partial charge in [0.25, 0.3) is 5.56 Å². The fraction of sp³-hybridized carbons (Fsp3) is 0.385. The van der Waals surface area contributed by atoms with Gasteiger partial charge in [0.1, 0.15) is 11.6 Å². The molecule has 0 saturated heterocycles. The van der Waals surface area contributed by atoms with Crippen LogP contribution >= 0.6 is 0 Å². The summed E-state index contributed by atoms with van der Waals surface area (Å²) < 4.78 is 21.7. The number of nitrogens with zero attached hydrogens (tertiary/aromatic N) is 4. The van der Waals surface area contributed by atoms with Crippen molar-refractivity contribution < 1.29 is 14.2 Å². The Morgan fingerprint density at radius 1 is 1.17 bits per heavy atom. The number of aliphatic hydroxyl groups excluding tert-OH is 1. The summed E-state index contributed by atoms with van der Waals surface area (Å²) in [5.74, 6) is 0.0979. The molecule has 1 N–H and O–H groups in total. The molecule has 0 aliphatic carbocycles. The average Bonchev–Trinajstić information content (AvgIpc) is 2.86. The molecule has 8 nitrogen and oxygen atoms in total. The van der Waals surface area contributed by atoms with Crippen molar-refractivity contribution in [2.45, 2.75) is 46.7 Å². The highest BCUT2D eigenvalue weighted by Crippen LogP contribution is 2.20. The number of hydrogen-bond donors (Lipinski definition) is 1. The van der Waals surface area contributed by atoms with Gasteiger partial charge in [0.2, 0.25) is 0 Å². The molecule has 0 bridgehead atoms. The van der Waals surface area contributed by atoms with Crippen LogP contribution in [0, 0.1) is 18.7 Å². The van der Waals surface area contributed by atoms with E-state index in [9.17, 15) is 19.1 Å². The molecule has 1 atom stereocenters. The summed E-state index contributed by atoms with van der Waals surface area (Å²) in [5.41, 5.74) is 1.02. The first-order valence-corrected chi connectivity index (χ1v) is 11.7. The van der Waals surface area contributed by atoms with Crippen LogP contribution in [0.5, 0.6) is 0 Å². The zero-order valence-corrected chi connectivity index (χ0v) is 20.3. The molecule has 186 valence electrons. The smallest absolute Gasteiger partial charge is 0.332 e. The van der Waals surface area contributed by atoms with Crippen molar-refractivity contribution in [2.75, 3.05) is 13.2 Å². The molecule has 0 saturated carbocycles. The maximum atomic E-state index is 13.4. The molecule has 35 heavy (non-hydrogen) atoms. The van der Waals surface area contributed by atoms with E-state index in [0.717, 1.165) is 15.7 Å². The van der Waals surface area contributed by atoms with Gasteiger partial charge in [-0.1, -0.05) is 25.1 Å². The number of aliphatic hydroxyl groups is 1. The summed E-state index contributed by atoms with van der Waals surface area (Å²) in [6.07, 6.45) is 4.11. The van der Waals surface area contributed by atoms with Crippen molar-refractivity contribution in [1.82, 2.24) is 14.1 Å². The molecule has 0 spiro atoms. The fourth-order valence-electron chi connectivity index (χ4n) is 3.81. The third-order valence-electron chi connectivity index (χ3n) is 5.61. The number of aliphatic imine (C=N–C) groups is 1. The van der Waals surface area contributed by atoms with E-state index in [1.54, 1.807) is 37.5 Å². The van der Waals surface area contributed by atoms with Crippen molar-refractivity contribution >= 4 is 11.7 Å². The second kappa shape index (κ2) is 12.2. The quantitative estimate of drug-likeness (QED) is 0.353. The van der Waals surface area contributed by atoms with E-state index in [0.29, 0.717) is 24.5 Å². The SMILES string of the molecule is CCOC(=Nc1c(C)c(=O)n(CCCO)c(=O)n1Cc1cccnc1)C(C)Cc1ccc(F)cc1. The number of hydrogen-bond acceptors (Lipinski definition) is 6. The molecule has 1 unspecified atom stereocenters. The van der Waals surface area contributed by atoms with E-state index in [2.05, 4.69) is 4.98 Å². The Morgan fingerprint density at radius 2 is 1.91 bits per heavy atom. The Balaban J connectivity index is 2.12. The number of ether oxygens (including phenoxy) is 1. The van der Waals surface area contributed by atoms with Gasteiger partial charge in [-0.2, -0.15) is 4.99 Å².